The van der Waals surface area contributed by atoms with Crippen LogP contribution in [0.4, 0.5) is 11.4 Å². The van der Waals surface area contributed by atoms with Gasteiger partial charge in [-0.05, 0) is 24.3 Å². The molecular weight excluding hydrogens is 428 g/mol. The molecule has 2 amide bonds. The van der Waals surface area contributed by atoms with Crippen LogP contribution in [0.25, 0.3) is 22.1 Å². The molecule has 6 N–H and O–H groups in total. The zero-order valence-corrected chi connectivity index (χ0v) is 16.4. The molecule has 0 unspecified atom stereocenters. The fraction of sp³-hybridized carbons (Fsp3) is 0. The fourth-order valence-corrected chi connectivity index (χ4v) is 5.60. The molecule has 148 valence electrons. The van der Waals surface area contributed by atoms with Gasteiger partial charge in [0.25, 0.3) is 11.8 Å². The third kappa shape index (κ3) is 2.54. The molecule has 0 radical (unpaired) electrons. The van der Waals surface area contributed by atoms with Gasteiger partial charge in [-0.2, -0.15) is 0 Å². The van der Waals surface area contributed by atoms with E-state index in [0.717, 1.165) is 0 Å². The maximum absolute atomic E-state index is 12.8. The van der Waals surface area contributed by atoms with Crippen LogP contribution in [-0.2, 0) is 9.59 Å². The van der Waals surface area contributed by atoms with Gasteiger partial charge < -0.3 is 30.6 Å². The number of amides is 2. The van der Waals surface area contributed by atoms with Gasteiger partial charge in [0.2, 0.25) is 0 Å². The topological polar surface area (TPSA) is 155 Å². The summed E-state index contributed by atoms with van der Waals surface area (Å²) in [5.41, 5.74) is 2.83. The smallest absolute Gasteiger partial charge is 0.320 e. The largest absolute Gasteiger partial charge is 0.323 e. The summed E-state index contributed by atoms with van der Waals surface area (Å²) < 4.78 is 0. The highest BCUT2D eigenvalue weighted by Crippen LogP contribution is 2.47. The van der Waals surface area contributed by atoms with E-state index in [1.807, 2.05) is 0 Å². The lowest BCUT2D eigenvalue weighted by atomic mass is 10.2. The van der Waals surface area contributed by atoms with Crippen molar-refractivity contribution in [1.82, 2.24) is 19.9 Å². The lowest BCUT2D eigenvalue weighted by Gasteiger charge is -2.24. The van der Waals surface area contributed by atoms with Crippen molar-refractivity contribution in [3.8, 4) is 0 Å². The van der Waals surface area contributed by atoms with Crippen molar-refractivity contribution >= 4 is 68.8 Å². The molecule has 2 aromatic heterocycles. The van der Waals surface area contributed by atoms with Gasteiger partial charge in [0.15, 0.2) is 0 Å². The summed E-state index contributed by atoms with van der Waals surface area (Å²) in [5, 5.41) is 5.57. The molecule has 0 aliphatic carbocycles. The average molecular weight is 438 g/mol. The Morgan fingerprint density at radius 2 is 0.900 bits per heavy atom. The first kappa shape index (κ1) is 17.2. The average Bonchev–Trinajstić information content (AvgIpc) is 3.23. The molecule has 0 atom stereocenters. The Hall–Kier alpha value is -3.64. The Labute approximate surface area is 173 Å². The number of benzene rings is 2. The Balaban J connectivity index is 1.46. The van der Waals surface area contributed by atoms with E-state index in [-0.39, 0.29) is 21.2 Å². The number of fused-ring (bicyclic) bond motifs is 4. The number of thioether (sulfide) groups is 2. The second-order valence-corrected chi connectivity index (χ2v) is 8.82. The molecule has 0 saturated heterocycles. The van der Waals surface area contributed by atoms with Crippen LogP contribution in [0.15, 0.2) is 53.5 Å². The molecule has 4 aromatic rings. The zero-order valence-electron chi connectivity index (χ0n) is 14.8. The van der Waals surface area contributed by atoms with E-state index in [9.17, 15) is 19.2 Å². The molecule has 10 nitrogen and oxygen atoms in total. The summed E-state index contributed by atoms with van der Waals surface area (Å²) in [6.45, 7) is 0. The van der Waals surface area contributed by atoms with Crippen molar-refractivity contribution in [1.29, 1.82) is 0 Å². The number of nitrogens with one attached hydrogen (secondary N) is 6. The van der Waals surface area contributed by atoms with Crippen molar-refractivity contribution in [2.24, 2.45) is 0 Å². The number of rotatable bonds is 0. The van der Waals surface area contributed by atoms with E-state index in [1.165, 1.54) is 23.5 Å². The number of aromatic amines is 4. The van der Waals surface area contributed by atoms with E-state index in [4.69, 9.17) is 0 Å². The number of H-pyrrole nitrogens is 4. The summed E-state index contributed by atoms with van der Waals surface area (Å²) >= 11 is 2.34. The molecule has 0 spiro atoms. The number of hydrogen-bond donors (Lipinski definition) is 6. The third-order valence-electron chi connectivity index (χ3n) is 4.77. The highest BCUT2D eigenvalue weighted by Gasteiger charge is 2.32. The minimum absolute atomic E-state index is 0.260. The second-order valence-electron chi connectivity index (χ2n) is 6.72. The van der Waals surface area contributed by atoms with Crippen LogP contribution in [-0.4, -0.2) is 31.8 Å². The van der Waals surface area contributed by atoms with Crippen LogP contribution in [0.5, 0.6) is 0 Å². The standard InChI is InChI=1S/C18H10N6O4S2/c25-15-13(29-11-3-7-5(1-9(11)19-15)21-17(27)23-7)14-16(26)20-10-2-6-8(4-12(10)30-14)24-18(28)22-6/h1-4H,(H,19,25)(H,20,26)(H2,21,23,27)(H2,22,24,28). The molecule has 4 heterocycles. The SMILES string of the molecule is O=C1Nc2cc3[nH]c(=O)[nH]c3cc2SC1=C1Sc2cc3[nH]c(=O)[nH]c3cc2NC1=O. The van der Waals surface area contributed by atoms with Gasteiger partial charge in [-0.25, -0.2) is 9.59 Å². The van der Waals surface area contributed by atoms with Crippen LogP contribution in [0, 0.1) is 0 Å². The number of hydrogen-bond acceptors (Lipinski definition) is 6. The van der Waals surface area contributed by atoms with Gasteiger partial charge in [-0.15, -0.1) is 0 Å². The highest BCUT2D eigenvalue weighted by molar-refractivity contribution is 8.08. The molecule has 2 aromatic carbocycles. The molecule has 12 heteroatoms. The minimum Gasteiger partial charge on any atom is -0.320 e. The van der Waals surface area contributed by atoms with E-state index in [1.54, 1.807) is 24.3 Å². The molecule has 0 fully saturated rings. The van der Waals surface area contributed by atoms with Gasteiger partial charge in [0.1, 0.15) is 0 Å². The van der Waals surface area contributed by atoms with Gasteiger partial charge in [-0.1, -0.05) is 23.5 Å². The van der Waals surface area contributed by atoms with Crippen LogP contribution in [0.3, 0.4) is 0 Å². The second kappa shape index (κ2) is 5.93. The van der Waals surface area contributed by atoms with E-state index in [2.05, 4.69) is 30.6 Å². The molecule has 30 heavy (non-hydrogen) atoms. The number of aromatic nitrogens is 4. The van der Waals surface area contributed by atoms with Crippen LogP contribution < -0.4 is 22.0 Å². The van der Waals surface area contributed by atoms with Crippen molar-refractivity contribution in [2.45, 2.75) is 9.79 Å². The molecule has 0 bridgehead atoms. The monoisotopic (exact) mass is 438 g/mol. The normalized spacial score (nSPS) is 18.3. The molecule has 0 saturated carbocycles. The van der Waals surface area contributed by atoms with Gasteiger partial charge in [0, 0.05) is 9.79 Å². The zero-order chi connectivity index (χ0) is 20.6. The maximum atomic E-state index is 12.8. The first-order chi connectivity index (χ1) is 14.4. The lowest BCUT2D eigenvalue weighted by Crippen LogP contribution is -2.24. The molecular formula is C18H10N6O4S2. The minimum atomic E-state index is -0.401. The van der Waals surface area contributed by atoms with Crippen molar-refractivity contribution in [3.05, 3.63) is 55.0 Å². The maximum Gasteiger partial charge on any atom is 0.323 e. The third-order valence-corrected chi connectivity index (χ3v) is 7.20. The Kier molecular flexibility index (Phi) is 3.41. The van der Waals surface area contributed by atoms with E-state index < -0.39 is 11.8 Å². The highest BCUT2D eigenvalue weighted by atomic mass is 32.2. The van der Waals surface area contributed by atoms with Crippen molar-refractivity contribution < 1.29 is 9.59 Å². The number of imidazole rings is 2. The summed E-state index contributed by atoms with van der Waals surface area (Å²) in [6.07, 6.45) is 0. The predicted octanol–water partition coefficient (Wildman–Crippen LogP) is 2.03. The van der Waals surface area contributed by atoms with E-state index >= 15 is 0 Å². The lowest BCUT2D eigenvalue weighted by molar-refractivity contribution is -0.114. The van der Waals surface area contributed by atoms with Crippen LogP contribution >= 0.6 is 23.5 Å². The molecule has 2 aliphatic heterocycles. The van der Waals surface area contributed by atoms with Gasteiger partial charge in [0.05, 0.1) is 43.3 Å². The van der Waals surface area contributed by atoms with Gasteiger partial charge >= 0.3 is 11.4 Å². The number of carbonyl (C=O) groups excluding carboxylic acids is 2. The molecule has 2 aliphatic rings. The van der Waals surface area contributed by atoms with Crippen LogP contribution in [0.2, 0.25) is 0 Å². The fourth-order valence-electron chi connectivity index (χ4n) is 3.46. The Morgan fingerprint density at radius 3 is 1.30 bits per heavy atom. The summed E-state index contributed by atoms with van der Waals surface area (Å²) in [7, 11) is 0. The summed E-state index contributed by atoms with van der Waals surface area (Å²) in [4.78, 5) is 61.2. The first-order valence-electron chi connectivity index (χ1n) is 8.69. The van der Waals surface area contributed by atoms with Crippen LogP contribution in [0.1, 0.15) is 0 Å². The predicted molar refractivity (Wildman–Crippen MR) is 114 cm³/mol. The van der Waals surface area contributed by atoms with Gasteiger partial charge in [-0.3, -0.25) is 9.59 Å². The van der Waals surface area contributed by atoms with Crippen molar-refractivity contribution in [2.75, 3.05) is 10.6 Å². The Bertz CT molecular complexity index is 1470. The number of carbonyl (C=O) groups is 2. The summed E-state index contributed by atoms with van der Waals surface area (Å²) in [5.74, 6) is -0.802. The first-order valence-corrected chi connectivity index (χ1v) is 10.3. The Morgan fingerprint density at radius 1 is 0.533 bits per heavy atom. The quantitative estimate of drug-likeness (QED) is 0.231. The van der Waals surface area contributed by atoms with Crippen molar-refractivity contribution in [3.63, 3.8) is 0 Å². The van der Waals surface area contributed by atoms with E-state index in [0.29, 0.717) is 43.2 Å². The number of anilines is 2. The molecule has 6 rings (SSSR count). The summed E-state index contributed by atoms with van der Waals surface area (Å²) in [6, 6.07) is 6.86.